The molecule has 0 atom stereocenters. The van der Waals surface area contributed by atoms with E-state index in [9.17, 15) is 0 Å². The monoisotopic (exact) mass is 593 g/mol. The predicted molar refractivity (Wildman–Crippen MR) is 180 cm³/mol. The van der Waals surface area contributed by atoms with E-state index in [0.29, 0.717) is 18.4 Å². The Hall–Kier alpha value is -4.07. The van der Waals surface area contributed by atoms with E-state index in [1.54, 1.807) is 12.4 Å². The fraction of sp³-hybridized carbons (Fsp3) is 0.378. The molecular formula is C37H47N5O2. The number of piperidine rings is 1. The van der Waals surface area contributed by atoms with Crippen molar-refractivity contribution in [3.63, 3.8) is 0 Å². The number of fused-ring (bicyclic) bond motifs is 3. The summed E-state index contributed by atoms with van der Waals surface area (Å²) in [5.74, 6) is 1.72. The molecule has 2 fully saturated rings. The van der Waals surface area contributed by atoms with Crippen LogP contribution in [-0.2, 0) is 18.1 Å². The minimum Gasteiger partial charge on any atom is -0.470 e. The first-order valence-corrected chi connectivity index (χ1v) is 15.9. The van der Waals surface area contributed by atoms with E-state index in [4.69, 9.17) is 14.5 Å². The fourth-order valence-electron chi connectivity index (χ4n) is 6.14. The third-order valence-corrected chi connectivity index (χ3v) is 8.28. The standard InChI is InChI=1S/C30H31N5O.C3H4O.2C2H6/c1-33-15-12-30(13-16-33)19-34(20-30)18-22-7-9-23(10-8-22)27-28(24-5-3-2-4-6-24)35-21-36-26-17-31-14-11-25(26)29(35)32-27;1-2-3-4;2*1-2/h2-11,14,17H,12-13,15-16,18-21H2,1H3;2-3H,1H2;2*1-2H3. The summed E-state index contributed by atoms with van der Waals surface area (Å²) in [6.45, 7) is 17.5. The van der Waals surface area contributed by atoms with Gasteiger partial charge in [-0.3, -0.25) is 19.2 Å². The third kappa shape index (κ3) is 7.17. The number of carbonyl (C=O) groups excluding carboxylic acids is 1. The average molecular weight is 594 g/mol. The Labute approximate surface area is 263 Å². The quantitative estimate of drug-likeness (QED) is 0.176. The van der Waals surface area contributed by atoms with E-state index in [-0.39, 0.29) is 0 Å². The van der Waals surface area contributed by atoms with Crippen molar-refractivity contribution in [3.05, 3.63) is 91.3 Å². The highest BCUT2D eigenvalue weighted by atomic mass is 16.5. The number of nitrogens with zero attached hydrogens (tertiary/aromatic N) is 5. The van der Waals surface area contributed by atoms with Gasteiger partial charge in [-0.05, 0) is 56.1 Å². The molecule has 0 unspecified atom stereocenters. The van der Waals surface area contributed by atoms with Crippen molar-refractivity contribution in [3.8, 4) is 39.7 Å². The first-order valence-electron chi connectivity index (χ1n) is 15.9. The van der Waals surface area contributed by atoms with Gasteiger partial charge in [0.2, 0.25) is 0 Å². The predicted octanol–water partition coefficient (Wildman–Crippen LogP) is 7.58. The van der Waals surface area contributed by atoms with E-state index in [1.165, 1.54) is 50.7 Å². The SMILES string of the molecule is C=CC=O.CC.CC.CN1CCC2(CC1)CN(Cc1ccc(-c3nc4n(c3-c3ccccc3)COc3cnccc3-4)cc1)C2. The molecular weight excluding hydrogens is 546 g/mol. The van der Waals surface area contributed by atoms with Crippen LogP contribution in [-0.4, -0.2) is 63.8 Å². The van der Waals surface area contributed by atoms with Crippen molar-refractivity contribution in [2.75, 3.05) is 33.2 Å². The van der Waals surface area contributed by atoms with Gasteiger partial charge in [0, 0.05) is 37.0 Å². The second-order valence-electron chi connectivity index (χ2n) is 11.1. The van der Waals surface area contributed by atoms with Crippen LogP contribution in [0, 0.1) is 5.41 Å². The van der Waals surface area contributed by atoms with Gasteiger partial charge >= 0.3 is 0 Å². The molecule has 232 valence electrons. The zero-order chi connectivity index (χ0) is 31.5. The van der Waals surface area contributed by atoms with Crippen molar-refractivity contribution < 1.29 is 9.53 Å². The number of pyridine rings is 1. The Morgan fingerprint density at radius 3 is 2.23 bits per heavy atom. The van der Waals surface area contributed by atoms with Crippen molar-refractivity contribution >= 4 is 6.29 Å². The molecule has 0 bridgehead atoms. The lowest BCUT2D eigenvalue weighted by atomic mass is 9.72. The number of allylic oxidation sites excluding steroid dienone is 1. The molecule has 7 nitrogen and oxygen atoms in total. The summed E-state index contributed by atoms with van der Waals surface area (Å²) in [5, 5.41) is 0. The topological polar surface area (TPSA) is 63.5 Å². The second kappa shape index (κ2) is 15.6. The number of hydrogen-bond donors (Lipinski definition) is 0. The van der Waals surface area contributed by atoms with Crippen LogP contribution >= 0.6 is 0 Å². The number of hydrogen-bond acceptors (Lipinski definition) is 6. The molecule has 0 radical (unpaired) electrons. The lowest BCUT2D eigenvalue weighted by Crippen LogP contribution is -2.59. The minimum absolute atomic E-state index is 0.426. The molecule has 2 aromatic heterocycles. The molecule has 0 N–H and O–H groups in total. The maximum Gasteiger partial charge on any atom is 0.167 e. The van der Waals surface area contributed by atoms with Gasteiger partial charge in [0.1, 0.15) is 12.1 Å². The Balaban J connectivity index is 0.000000505. The maximum atomic E-state index is 9.06. The van der Waals surface area contributed by atoms with Crippen molar-refractivity contribution in [2.24, 2.45) is 5.41 Å². The Morgan fingerprint density at radius 2 is 1.59 bits per heavy atom. The van der Waals surface area contributed by atoms with Gasteiger partial charge in [-0.1, -0.05) is 88.9 Å². The molecule has 4 aromatic rings. The van der Waals surface area contributed by atoms with Crippen LogP contribution in [0.4, 0.5) is 0 Å². The van der Waals surface area contributed by atoms with E-state index in [2.05, 4.69) is 87.6 Å². The molecule has 2 saturated heterocycles. The number of benzene rings is 2. The second-order valence-corrected chi connectivity index (χ2v) is 11.1. The van der Waals surface area contributed by atoms with Gasteiger partial charge in [0.15, 0.2) is 12.5 Å². The van der Waals surface area contributed by atoms with Crippen LogP contribution in [0.25, 0.3) is 33.9 Å². The molecule has 44 heavy (non-hydrogen) atoms. The molecule has 5 heterocycles. The van der Waals surface area contributed by atoms with Crippen LogP contribution in [0.5, 0.6) is 5.75 Å². The van der Waals surface area contributed by atoms with E-state index < -0.39 is 0 Å². The van der Waals surface area contributed by atoms with Crippen LogP contribution in [0.15, 0.2) is 85.7 Å². The van der Waals surface area contributed by atoms with E-state index in [0.717, 1.165) is 46.2 Å². The van der Waals surface area contributed by atoms with Gasteiger partial charge in [0.05, 0.1) is 23.1 Å². The molecule has 0 aliphatic carbocycles. The van der Waals surface area contributed by atoms with Gasteiger partial charge in [-0.15, -0.1) is 0 Å². The molecule has 1 spiro atoms. The molecule has 7 heteroatoms. The number of ether oxygens (including phenoxy) is 1. The highest BCUT2D eigenvalue weighted by Crippen LogP contribution is 2.42. The van der Waals surface area contributed by atoms with Gasteiger partial charge < -0.3 is 9.64 Å². The zero-order valence-corrected chi connectivity index (χ0v) is 27.0. The summed E-state index contributed by atoms with van der Waals surface area (Å²) in [6, 6.07) is 21.5. The Kier molecular flexibility index (Phi) is 11.6. The summed E-state index contributed by atoms with van der Waals surface area (Å²) < 4.78 is 8.23. The van der Waals surface area contributed by atoms with Crippen LogP contribution in [0.1, 0.15) is 46.1 Å². The van der Waals surface area contributed by atoms with Crippen molar-refractivity contribution in [2.45, 2.75) is 53.8 Å². The minimum atomic E-state index is 0.426. The molecule has 3 aliphatic heterocycles. The van der Waals surface area contributed by atoms with Gasteiger partial charge in [-0.25, -0.2) is 4.98 Å². The van der Waals surface area contributed by atoms with Crippen LogP contribution < -0.4 is 4.74 Å². The smallest absolute Gasteiger partial charge is 0.167 e. The summed E-state index contributed by atoms with van der Waals surface area (Å²) in [6.07, 6.45) is 8.09. The molecule has 2 aromatic carbocycles. The van der Waals surface area contributed by atoms with Gasteiger partial charge in [0.25, 0.3) is 0 Å². The normalized spacial score (nSPS) is 16.1. The largest absolute Gasteiger partial charge is 0.470 e. The van der Waals surface area contributed by atoms with E-state index in [1.807, 2.05) is 33.8 Å². The summed E-state index contributed by atoms with van der Waals surface area (Å²) in [4.78, 5) is 23.5. The lowest BCUT2D eigenvalue weighted by molar-refractivity contribution is -0.104. The summed E-state index contributed by atoms with van der Waals surface area (Å²) in [7, 11) is 2.24. The molecule has 0 amide bonds. The molecule has 7 rings (SSSR count). The number of carbonyl (C=O) groups is 1. The van der Waals surface area contributed by atoms with Crippen LogP contribution in [0.3, 0.4) is 0 Å². The van der Waals surface area contributed by atoms with Crippen molar-refractivity contribution in [1.29, 1.82) is 0 Å². The number of imidazole rings is 1. The zero-order valence-electron chi connectivity index (χ0n) is 27.0. The summed E-state index contributed by atoms with van der Waals surface area (Å²) >= 11 is 0. The lowest BCUT2D eigenvalue weighted by Gasteiger charge is -2.54. The Morgan fingerprint density at radius 1 is 0.932 bits per heavy atom. The first kappa shape index (κ1) is 32.8. The third-order valence-electron chi connectivity index (χ3n) is 8.28. The number of aldehydes is 1. The Bertz CT molecular complexity index is 1470. The molecule has 3 aliphatic rings. The first-order chi connectivity index (χ1) is 21.6. The summed E-state index contributed by atoms with van der Waals surface area (Å²) in [5.41, 5.74) is 7.27. The molecule has 0 saturated carbocycles. The maximum absolute atomic E-state index is 9.06. The number of aromatic nitrogens is 3. The fourth-order valence-corrected chi connectivity index (χ4v) is 6.14. The van der Waals surface area contributed by atoms with Crippen LogP contribution in [0.2, 0.25) is 0 Å². The highest BCUT2D eigenvalue weighted by molar-refractivity contribution is 5.83. The number of rotatable bonds is 5. The highest BCUT2D eigenvalue weighted by Gasteiger charge is 2.43. The van der Waals surface area contributed by atoms with Gasteiger partial charge in [-0.2, -0.15) is 0 Å². The van der Waals surface area contributed by atoms with Crippen molar-refractivity contribution in [1.82, 2.24) is 24.3 Å². The van der Waals surface area contributed by atoms with E-state index >= 15 is 0 Å². The average Bonchev–Trinajstić information content (AvgIpc) is 3.48. The number of likely N-dealkylation sites (tertiary alicyclic amines) is 2.